The maximum atomic E-state index is 6.40. The maximum Gasteiger partial charge on any atom is 0.00795 e. The van der Waals surface area contributed by atoms with Crippen molar-refractivity contribution in [3.8, 4) is 0 Å². The van der Waals surface area contributed by atoms with E-state index >= 15 is 0 Å². The largest absolute Gasteiger partial charge is 0.327 e. The highest BCUT2D eigenvalue weighted by Crippen LogP contribution is 2.34. The van der Waals surface area contributed by atoms with Gasteiger partial charge in [0.1, 0.15) is 0 Å². The average molecular weight is 266 g/mol. The molecule has 0 aromatic rings. The van der Waals surface area contributed by atoms with Crippen LogP contribution in [0, 0.1) is 17.3 Å². The Bertz CT molecular complexity index is 274. The summed E-state index contributed by atoms with van der Waals surface area (Å²) in [5, 5.41) is 0. The van der Waals surface area contributed by atoms with Crippen LogP contribution in [0.15, 0.2) is 0 Å². The third-order valence-electron chi connectivity index (χ3n) is 5.32. The van der Waals surface area contributed by atoms with Gasteiger partial charge >= 0.3 is 0 Å². The lowest BCUT2D eigenvalue weighted by Gasteiger charge is -2.42. The van der Waals surface area contributed by atoms with Crippen molar-refractivity contribution >= 4 is 0 Å². The summed E-state index contributed by atoms with van der Waals surface area (Å²) >= 11 is 0. The maximum absolute atomic E-state index is 6.40. The van der Waals surface area contributed by atoms with Gasteiger partial charge in [-0.05, 0) is 55.9 Å². The van der Waals surface area contributed by atoms with E-state index in [-0.39, 0.29) is 0 Å². The fourth-order valence-corrected chi connectivity index (χ4v) is 4.30. The Hall–Kier alpha value is -0.0800. The molecule has 3 unspecified atom stereocenters. The number of piperidine rings is 1. The Kier molecular flexibility index (Phi) is 5.30. The van der Waals surface area contributed by atoms with Crippen molar-refractivity contribution in [1.82, 2.24) is 4.90 Å². The second-order valence-corrected chi connectivity index (χ2v) is 7.89. The Balaban J connectivity index is 1.85. The van der Waals surface area contributed by atoms with Gasteiger partial charge in [-0.2, -0.15) is 0 Å². The highest BCUT2D eigenvalue weighted by Gasteiger charge is 2.32. The van der Waals surface area contributed by atoms with Crippen molar-refractivity contribution < 1.29 is 0 Å². The van der Waals surface area contributed by atoms with Crippen molar-refractivity contribution in [1.29, 1.82) is 0 Å². The third kappa shape index (κ3) is 4.46. The molecule has 2 aliphatic rings. The predicted octanol–water partition coefficient (Wildman–Crippen LogP) is 3.65. The summed E-state index contributed by atoms with van der Waals surface area (Å²) in [4.78, 5) is 2.70. The van der Waals surface area contributed by atoms with E-state index in [4.69, 9.17) is 5.73 Å². The van der Waals surface area contributed by atoms with E-state index < -0.39 is 0 Å². The van der Waals surface area contributed by atoms with Crippen LogP contribution in [0.4, 0.5) is 0 Å². The predicted molar refractivity (Wildman–Crippen MR) is 83.2 cm³/mol. The molecule has 0 radical (unpaired) electrons. The summed E-state index contributed by atoms with van der Waals surface area (Å²) in [5.41, 5.74) is 6.91. The zero-order chi connectivity index (χ0) is 13.9. The van der Waals surface area contributed by atoms with Crippen LogP contribution in [-0.4, -0.2) is 30.6 Å². The van der Waals surface area contributed by atoms with Crippen LogP contribution in [0.2, 0.25) is 0 Å². The van der Waals surface area contributed by atoms with Crippen molar-refractivity contribution in [3.05, 3.63) is 0 Å². The van der Waals surface area contributed by atoms with E-state index in [1.807, 2.05) is 0 Å². The SMILES string of the molecule is CCCC1CCC(N)C(CN2CCCC(C)(C)C2)C1. The number of hydrogen-bond acceptors (Lipinski definition) is 2. The van der Waals surface area contributed by atoms with Crippen molar-refractivity contribution in [2.24, 2.45) is 23.0 Å². The molecule has 1 aliphatic carbocycles. The third-order valence-corrected chi connectivity index (χ3v) is 5.32. The van der Waals surface area contributed by atoms with Crippen LogP contribution in [0.5, 0.6) is 0 Å². The molecule has 1 saturated heterocycles. The standard InChI is InChI=1S/C17H34N2/c1-4-6-14-7-8-16(18)15(11-14)12-19-10-5-9-17(2,3)13-19/h14-16H,4-13,18H2,1-3H3. The minimum atomic E-state index is 0.457. The van der Waals surface area contributed by atoms with E-state index in [0.29, 0.717) is 11.5 Å². The Morgan fingerprint density at radius 1 is 1.26 bits per heavy atom. The first-order valence-corrected chi connectivity index (χ1v) is 8.48. The molecular weight excluding hydrogens is 232 g/mol. The molecule has 19 heavy (non-hydrogen) atoms. The fraction of sp³-hybridized carbons (Fsp3) is 1.00. The average Bonchev–Trinajstić information content (AvgIpc) is 2.32. The molecule has 2 rings (SSSR count). The quantitative estimate of drug-likeness (QED) is 0.841. The van der Waals surface area contributed by atoms with Crippen LogP contribution >= 0.6 is 0 Å². The number of rotatable bonds is 4. The van der Waals surface area contributed by atoms with E-state index in [0.717, 1.165) is 11.8 Å². The highest BCUT2D eigenvalue weighted by atomic mass is 15.1. The first-order chi connectivity index (χ1) is 9.00. The molecule has 1 heterocycles. The first kappa shape index (κ1) is 15.3. The van der Waals surface area contributed by atoms with Crippen molar-refractivity contribution in [2.45, 2.75) is 71.8 Å². The molecule has 0 aromatic carbocycles. The van der Waals surface area contributed by atoms with Gasteiger partial charge in [0, 0.05) is 19.1 Å². The zero-order valence-corrected chi connectivity index (χ0v) is 13.3. The van der Waals surface area contributed by atoms with Gasteiger partial charge in [-0.15, -0.1) is 0 Å². The fourth-order valence-electron chi connectivity index (χ4n) is 4.30. The second-order valence-electron chi connectivity index (χ2n) is 7.89. The molecule has 2 nitrogen and oxygen atoms in total. The monoisotopic (exact) mass is 266 g/mol. The number of nitrogens with two attached hydrogens (primary N) is 1. The molecule has 0 amide bonds. The highest BCUT2D eigenvalue weighted by molar-refractivity contribution is 4.87. The molecular formula is C17H34N2. The Morgan fingerprint density at radius 2 is 2.05 bits per heavy atom. The smallest absolute Gasteiger partial charge is 0.00795 e. The van der Waals surface area contributed by atoms with E-state index in [9.17, 15) is 0 Å². The second kappa shape index (κ2) is 6.58. The number of hydrogen-bond donors (Lipinski definition) is 1. The summed E-state index contributed by atoms with van der Waals surface area (Å²) in [6.45, 7) is 11.0. The Labute approximate surface area is 120 Å². The molecule has 1 saturated carbocycles. The van der Waals surface area contributed by atoms with Crippen LogP contribution in [0.1, 0.15) is 65.7 Å². The minimum absolute atomic E-state index is 0.457. The topological polar surface area (TPSA) is 29.3 Å². The normalized spacial score (nSPS) is 36.3. The van der Waals surface area contributed by atoms with Crippen molar-refractivity contribution in [2.75, 3.05) is 19.6 Å². The van der Waals surface area contributed by atoms with E-state index in [1.165, 1.54) is 64.6 Å². The Morgan fingerprint density at radius 3 is 2.74 bits per heavy atom. The van der Waals surface area contributed by atoms with Gasteiger partial charge in [-0.25, -0.2) is 0 Å². The summed E-state index contributed by atoms with van der Waals surface area (Å²) in [6.07, 6.45) is 9.51. The van der Waals surface area contributed by atoms with E-state index in [2.05, 4.69) is 25.7 Å². The van der Waals surface area contributed by atoms with Crippen LogP contribution in [0.25, 0.3) is 0 Å². The molecule has 0 aromatic heterocycles. The van der Waals surface area contributed by atoms with Gasteiger partial charge in [0.25, 0.3) is 0 Å². The number of likely N-dealkylation sites (tertiary alicyclic amines) is 1. The molecule has 2 fully saturated rings. The van der Waals surface area contributed by atoms with Crippen molar-refractivity contribution in [3.63, 3.8) is 0 Å². The lowest BCUT2D eigenvalue weighted by molar-refractivity contribution is 0.0799. The van der Waals surface area contributed by atoms with Gasteiger partial charge in [-0.1, -0.05) is 33.6 Å². The summed E-state index contributed by atoms with van der Waals surface area (Å²) in [7, 11) is 0. The first-order valence-electron chi connectivity index (χ1n) is 8.48. The van der Waals surface area contributed by atoms with Gasteiger partial charge < -0.3 is 10.6 Å². The summed E-state index contributed by atoms with van der Waals surface area (Å²) in [5.74, 6) is 1.70. The summed E-state index contributed by atoms with van der Waals surface area (Å²) < 4.78 is 0. The molecule has 1 aliphatic heterocycles. The van der Waals surface area contributed by atoms with Gasteiger partial charge in [0.15, 0.2) is 0 Å². The van der Waals surface area contributed by atoms with Crippen LogP contribution in [0.3, 0.4) is 0 Å². The lowest BCUT2D eigenvalue weighted by atomic mass is 9.75. The lowest BCUT2D eigenvalue weighted by Crippen LogP contribution is -2.47. The van der Waals surface area contributed by atoms with E-state index in [1.54, 1.807) is 0 Å². The molecule has 112 valence electrons. The summed E-state index contributed by atoms with van der Waals surface area (Å²) in [6, 6.07) is 0.457. The van der Waals surface area contributed by atoms with Crippen LogP contribution in [-0.2, 0) is 0 Å². The van der Waals surface area contributed by atoms with Gasteiger partial charge in [0.05, 0.1) is 0 Å². The molecule has 0 bridgehead atoms. The molecule has 2 heteroatoms. The minimum Gasteiger partial charge on any atom is -0.327 e. The molecule has 2 N–H and O–H groups in total. The molecule has 3 atom stereocenters. The van der Waals surface area contributed by atoms with Gasteiger partial charge in [-0.3, -0.25) is 0 Å². The van der Waals surface area contributed by atoms with Gasteiger partial charge in [0.2, 0.25) is 0 Å². The van der Waals surface area contributed by atoms with Crippen LogP contribution < -0.4 is 5.73 Å². The zero-order valence-electron chi connectivity index (χ0n) is 13.3. The number of nitrogens with zero attached hydrogens (tertiary/aromatic N) is 1. The molecule has 0 spiro atoms.